The summed E-state index contributed by atoms with van der Waals surface area (Å²) in [5, 5.41) is 3.29. The molecular formula is C12H17IN2O. The number of nitrogens with zero attached hydrogens (tertiary/aromatic N) is 1. The molecule has 1 rings (SSSR count). The number of nitrogens with one attached hydrogen (secondary N) is 1. The summed E-state index contributed by atoms with van der Waals surface area (Å²) < 4.78 is 1.23. The van der Waals surface area contributed by atoms with E-state index < -0.39 is 0 Å². The molecule has 0 aliphatic rings. The van der Waals surface area contributed by atoms with E-state index in [0.29, 0.717) is 6.42 Å². The molecule has 0 unspecified atom stereocenters. The Kier molecular flexibility index (Phi) is 5.59. The molecule has 0 bridgehead atoms. The molecule has 88 valence electrons. The van der Waals surface area contributed by atoms with Crippen molar-refractivity contribution < 1.29 is 4.79 Å². The van der Waals surface area contributed by atoms with Gasteiger partial charge < -0.3 is 10.2 Å². The highest BCUT2D eigenvalue weighted by molar-refractivity contribution is 14.1. The van der Waals surface area contributed by atoms with Crippen LogP contribution in [0, 0.1) is 3.57 Å². The maximum atomic E-state index is 11.3. The molecule has 0 aliphatic carbocycles. The third kappa shape index (κ3) is 4.83. The first-order valence-corrected chi connectivity index (χ1v) is 6.37. The minimum atomic E-state index is 0.185. The quantitative estimate of drug-likeness (QED) is 0.664. The van der Waals surface area contributed by atoms with Gasteiger partial charge in [-0.3, -0.25) is 4.79 Å². The summed E-state index contributed by atoms with van der Waals surface area (Å²) in [6, 6.07) is 8.23. The summed E-state index contributed by atoms with van der Waals surface area (Å²) >= 11 is 2.28. The van der Waals surface area contributed by atoms with Crippen molar-refractivity contribution >= 4 is 34.2 Å². The third-order valence-corrected chi connectivity index (χ3v) is 2.96. The van der Waals surface area contributed by atoms with Gasteiger partial charge in [0.1, 0.15) is 0 Å². The van der Waals surface area contributed by atoms with Crippen LogP contribution in [0.15, 0.2) is 24.3 Å². The second-order valence-corrected chi connectivity index (χ2v) is 5.07. The van der Waals surface area contributed by atoms with Crippen LogP contribution >= 0.6 is 22.6 Å². The summed E-state index contributed by atoms with van der Waals surface area (Å²) in [5.41, 5.74) is 1.11. The van der Waals surface area contributed by atoms with E-state index in [0.717, 1.165) is 18.7 Å². The zero-order valence-electron chi connectivity index (χ0n) is 9.66. The van der Waals surface area contributed by atoms with Crippen molar-refractivity contribution in [2.45, 2.75) is 12.8 Å². The molecule has 0 radical (unpaired) electrons. The Morgan fingerprint density at radius 3 is 2.50 bits per heavy atom. The average molecular weight is 332 g/mol. The first-order chi connectivity index (χ1) is 7.59. The molecule has 0 saturated carbocycles. The molecule has 3 nitrogen and oxygen atoms in total. The number of rotatable bonds is 5. The van der Waals surface area contributed by atoms with Gasteiger partial charge in [0.2, 0.25) is 5.91 Å². The topological polar surface area (TPSA) is 32.3 Å². The van der Waals surface area contributed by atoms with Gasteiger partial charge in [-0.1, -0.05) is 0 Å². The fourth-order valence-electron chi connectivity index (χ4n) is 1.26. The number of halogens is 1. The van der Waals surface area contributed by atoms with Crippen LogP contribution in [0.1, 0.15) is 12.8 Å². The molecule has 0 fully saturated rings. The number of amides is 1. The second-order valence-electron chi connectivity index (χ2n) is 3.83. The molecule has 4 heteroatoms. The molecule has 0 atom stereocenters. The minimum absolute atomic E-state index is 0.185. The molecule has 1 N–H and O–H groups in total. The second kappa shape index (κ2) is 6.73. The van der Waals surface area contributed by atoms with E-state index >= 15 is 0 Å². The fourth-order valence-corrected chi connectivity index (χ4v) is 1.62. The Hall–Kier alpha value is -0.780. The van der Waals surface area contributed by atoms with Crippen LogP contribution in [0.4, 0.5) is 5.69 Å². The molecule has 0 aromatic heterocycles. The highest BCUT2D eigenvalue weighted by Gasteiger charge is 2.02. The van der Waals surface area contributed by atoms with E-state index in [2.05, 4.69) is 52.2 Å². The highest BCUT2D eigenvalue weighted by atomic mass is 127. The molecule has 0 saturated heterocycles. The number of hydrogen-bond acceptors (Lipinski definition) is 2. The van der Waals surface area contributed by atoms with Crippen molar-refractivity contribution in [3.63, 3.8) is 0 Å². The van der Waals surface area contributed by atoms with E-state index in [1.165, 1.54) is 3.57 Å². The van der Waals surface area contributed by atoms with Crippen LogP contribution in [-0.2, 0) is 4.79 Å². The van der Waals surface area contributed by atoms with Crippen molar-refractivity contribution in [1.82, 2.24) is 4.90 Å². The molecule has 0 spiro atoms. The average Bonchev–Trinajstić information content (AvgIpc) is 2.26. The maximum Gasteiger partial charge on any atom is 0.222 e. The van der Waals surface area contributed by atoms with Gasteiger partial charge in [0.15, 0.2) is 0 Å². The lowest BCUT2D eigenvalue weighted by Crippen LogP contribution is -2.21. The van der Waals surface area contributed by atoms with Gasteiger partial charge in [0.25, 0.3) is 0 Å². The van der Waals surface area contributed by atoms with E-state index in [1.807, 2.05) is 0 Å². The molecular weight excluding hydrogens is 315 g/mol. The lowest BCUT2D eigenvalue weighted by atomic mass is 10.2. The highest BCUT2D eigenvalue weighted by Crippen LogP contribution is 2.11. The Bertz CT molecular complexity index is 335. The van der Waals surface area contributed by atoms with Crippen molar-refractivity contribution in [2.24, 2.45) is 0 Å². The number of hydrogen-bond donors (Lipinski definition) is 1. The summed E-state index contributed by atoms with van der Waals surface area (Å²) in [5.74, 6) is 0.185. The van der Waals surface area contributed by atoms with Gasteiger partial charge >= 0.3 is 0 Å². The van der Waals surface area contributed by atoms with Gasteiger partial charge in [-0.15, -0.1) is 0 Å². The van der Waals surface area contributed by atoms with Gasteiger partial charge in [-0.2, -0.15) is 0 Å². The van der Waals surface area contributed by atoms with Crippen LogP contribution in [0.3, 0.4) is 0 Å². The largest absolute Gasteiger partial charge is 0.385 e. The molecule has 1 amide bonds. The summed E-state index contributed by atoms with van der Waals surface area (Å²) in [6.07, 6.45) is 1.47. The van der Waals surface area contributed by atoms with Crippen molar-refractivity contribution in [2.75, 3.05) is 26.0 Å². The maximum absolute atomic E-state index is 11.3. The number of carbonyl (C=O) groups excluding carboxylic acids is 1. The fraction of sp³-hybridized carbons (Fsp3) is 0.417. The predicted molar refractivity (Wildman–Crippen MR) is 75.6 cm³/mol. The lowest BCUT2D eigenvalue weighted by Gasteiger charge is -2.10. The van der Waals surface area contributed by atoms with Gasteiger partial charge in [0, 0.05) is 36.3 Å². The molecule has 1 aromatic rings. The predicted octanol–water partition coefficient (Wildman–Crippen LogP) is 2.57. The van der Waals surface area contributed by atoms with E-state index in [4.69, 9.17) is 0 Å². The number of anilines is 1. The van der Waals surface area contributed by atoms with Crippen LogP contribution in [-0.4, -0.2) is 31.4 Å². The first-order valence-electron chi connectivity index (χ1n) is 5.29. The van der Waals surface area contributed by atoms with Crippen LogP contribution in [0.25, 0.3) is 0 Å². The third-order valence-electron chi connectivity index (χ3n) is 2.24. The lowest BCUT2D eigenvalue weighted by molar-refractivity contribution is -0.128. The number of benzene rings is 1. The Balaban J connectivity index is 2.21. The van der Waals surface area contributed by atoms with Gasteiger partial charge in [0.05, 0.1) is 0 Å². The summed E-state index contributed by atoms with van der Waals surface area (Å²) in [6.45, 7) is 0.834. The first kappa shape index (κ1) is 13.3. The van der Waals surface area contributed by atoms with Crippen LogP contribution in [0.2, 0.25) is 0 Å². The molecule has 0 aliphatic heterocycles. The van der Waals surface area contributed by atoms with E-state index in [-0.39, 0.29) is 5.91 Å². The summed E-state index contributed by atoms with van der Waals surface area (Å²) in [7, 11) is 3.57. The standard InChI is InChI=1S/C12H17IN2O/c1-15(2)12(16)4-3-9-14-11-7-5-10(13)6-8-11/h5-8,14H,3-4,9H2,1-2H3. The zero-order chi connectivity index (χ0) is 12.0. The molecule has 1 aromatic carbocycles. The van der Waals surface area contributed by atoms with Crippen LogP contribution < -0.4 is 5.32 Å². The van der Waals surface area contributed by atoms with Crippen molar-refractivity contribution in [3.8, 4) is 0 Å². The minimum Gasteiger partial charge on any atom is -0.385 e. The Labute approximate surface area is 110 Å². The van der Waals surface area contributed by atoms with Gasteiger partial charge in [-0.25, -0.2) is 0 Å². The normalized spacial score (nSPS) is 9.94. The molecule has 0 heterocycles. The van der Waals surface area contributed by atoms with E-state index in [1.54, 1.807) is 19.0 Å². The van der Waals surface area contributed by atoms with Gasteiger partial charge in [-0.05, 0) is 53.3 Å². The molecule has 16 heavy (non-hydrogen) atoms. The SMILES string of the molecule is CN(C)C(=O)CCCNc1ccc(I)cc1. The number of carbonyl (C=O) groups is 1. The monoisotopic (exact) mass is 332 g/mol. The van der Waals surface area contributed by atoms with Crippen molar-refractivity contribution in [3.05, 3.63) is 27.8 Å². The van der Waals surface area contributed by atoms with Crippen molar-refractivity contribution in [1.29, 1.82) is 0 Å². The Morgan fingerprint density at radius 1 is 1.31 bits per heavy atom. The van der Waals surface area contributed by atoms with Crippen LogP contribution in [0.5, 0.6) is 0 Å². The Morgan fingerprint density at radius 2 is 1.94 bits per heavy atom. The zero-order valence-corrected chi connectivity index (χ0v) is 11.8. The smallest absolute Gasteiger partial charge is 0.222 e. The summed E-state index contributed by atoms with van der Waals surface area (Å²) in [4.78, 5) is 12.9. The van der Waals surface area contributed by atoms with E-state index in [9.17, 15) is 4.79 Å².